The summed E-state index contributed by atoms with van der Waals surface area (Å²) >= 11 is 0. The predicted molar refractivity (Wildman–Crippen MR) is 102 cm³/mol. The van der Waals surface area contributed by atoms with Crippen LogP contribution < -0.4 is 4.90 Å². The van der Waals surface area contributed by atoms with Crippen LogP contribution >= 0.6 is 0 Å². The van der Waals surface area contributed by atoms with Crippen molar-refractivity contribution < 1.29 is 19.7 Å². The van der Waals surface area contributed by atoms with Gasteiger partial charge in [0.05, 0.1) is 17.4 Å². The van der Waals surface area contributed by atoms with Gasteiger partial charge in [-0.15, -0.1) is 0 Å². The van der Waals surface area contributed by atoms with E-state index in [4.69, 9.17) is 4.74 Å². The van der Waals surface area contributed by atoms with E-state index >= 15 is 0 Å². The number of carboxylic acids is 1. The van der Waals surface area contributed by atoms with Gasteiger partial charge in [-0.05, 0) is 37.8 Å². The predicted octanol–water partition coefficient (Wildman–Crippen LogP) is 2.96. The average molecular weight is 368 g/mol. The van der Waals surface area contributed by atoms with Gasteiger partial charge in [0.25, 0.3) is 0 Å². The first-order valence-electron chi connectivity index (χ1n) is 9.46. The fourth-order valence-electron chi connectivity index (χ4n) is 4.11. The zero-order chi connectivity index (χ0) is 18.9. The van der Waals surface area contributed by atoms with Crippen molar-refractivity contribution in [2.45, 2.75) is 37.4 Å². The van der Waals surface area contributed by atoms with Gasteiger partial charge >= 0.3 is 5.97 Å². The highest BCUT2D eigenvalue weighted by molar-refractivity contribution is 5.94. The normalized spacial score (nSPS) is 22.0. The highest BCUT2D eigenvalue weighted by Gasteiger charge is 2.44. The highest BCUT2D eigenvalue weighted by atomic mass is 16.5. The number of benzene rings is 1. The molecular formula is C21H24N2O4. The highest BCUT2D eigenvalue weighted by Crippen LogP contribution is 2.37. The smallest absolute Gasteiger partial charge is 0.339 e. The second kappa shape index (κ2) is 7.29. The number of carbonyl (C=O) groups is 1. The lowest BCUT2D eigenvalue weighted by Crippen LogP contribution is -2.55. The molecule has 142 valence electrons. The van der Waals surface area contributed by atoms with Crippen molar-refractivity contribution in [1.82, 2.24) is 4.98 Å². The maximum absolute atomic E-state index is 11.7. The first-order chi connectivity index (χ1) is 13.1. The Morgan fingerprint density at radius 2 is 1.89 bits per heavy atom. The molecular weight excluding hydrogens is 344 g/mol. The molecule has 3 heterocycles. The molecule has 2 N–H and O–H groups in total. The van der Waals surface area contributed by atoms with E-state index in [0.29, 0.717) is 38.4 Å². The number of pyridine rings is 1. The molecule has 2 aliphatic heterocycles. The van der Waals surface area contributed by atoms with Crippen LogP contribution in [0.25, 0.3) is 11.3 Å². The van der Waals surface area contributed by atoms with Crippen molar-refractivity contribution in [1.29, 1.82) is 0 Å². The van der Waals surface area contributed by atoms with Crippen molar-refractivity contribution in [3.05, 3.63) is 48.0 Å². The number of nitrogens with zero attached hydrogens (tertiary/aromatic N) is 2. The molecule has 2 fully saturated rings. The first-order valence-corrected chi connectivity index (χ1v) is 9.46. The molecule has 1 atom stereocenters. The molecule has 2 saturated heterocycles. The van der Waals surface area contributed by atoms with E-state index < -0.39 is 17.7 Å². The Labute approximate surface area is 158 Å². The number of piperidine rings is 1. The van der Waals surface area contributed by atoms with Gasteiger partial charge in [-0.25, -0.2) is 9.78 Å². The quantitative estimate of drug-likeness (QED) is 0.867. The third-order valence-electron chi connectivity index (χ3n) is 5.70. The van der Waals surface area contributed by atoms with Gasteiger partial charge in [0.15, 0.2) is 0 Å². The molecule has 6 nitrogen and oxygen atoms in total. The maximum Gasteiger partial charge on any atom is 0.339 e. The summed E-state index contributed by atoms with van der Waals surface area (Å²) in [7, 11) is 0. The molecule has 6 heteroatoms. The van der Waals surface area contributed by atoms with E-state index in [1.807, 2.05) is 35.2 Å². The third-order valence-corrected chi connectivity index (χ3v) is 5.70. The molecule has 1 aromatic carbocycles. The van der Waals surface area contributed by atoms with E-state index in [-0.39, 0.29) is 5.56 Å². The number of carboxylic acid groups (broad SMARTS) is 1. The van der Waals surface area contributed by atoms with Crippen LogP contribution in [0.3, 0.4) is 0 Å². The minimum absolute atomic E-state index is 0.204. The molecule has 0 bridgehead atoms. The minimum atomic E-state index is -0.980. The molecule has 4 rings (SSSR count). The Bertz CT molecular complexity index is 816. The lowest BCUT2D eigenvalue weighted by molar-refractivity contribution is -0.164. The number of aromatic carboxylic acids is 1. The summed E-state index contributed by atoms with van der Waals surface area (Å²) in [4.78, 5) is 18.4. The number of anilines is 1. The molecule has 2 aromatic rings. The monoisotopic (exact) mass is 368 g/mol. The van der Waals surface area contributed by atoms with Crippen molar-refractivity contribution in [2.75, 3.05) is 24.6 Å². The van der Waals surface area contributed by atoms with E-state index in [1.54, 1.807) is 12.1 Å². The first kappa shape index (κ1) is 17.9. The van der Waals surface area contributed by atoms with Gasteiger partial charge in [0, 0.05) is 25.3 Å². The largest absolute Gasteiger partial charge is 0.478 e. The second-order valence-electron chi connectivity index (χ2n) is 7.30. The summed E-state index contributed by atoms with van der Waals surface area (Å²) in [5, 5.41) is 20.0. The maximum atomic E-state index is 11.7. The van der Waals surface area contributed by atoms with Crippen LogP contribution in [0.5, 0.6) is 0 Å². The molecule has 0 saturated carbocycles. The van der Waals surface area contributed by atoms with Crippen LogP contribution in [0.4, 0.5) is 5.82 Å². The van der Waals surface area contributed by atoms with Gasteiger partial charge in [-0.3, -0.25) is 0 Å². The Morgan fingerprint density at radius 3 is 2.56 bits per heavy atom. The number of hydrogen-bond acceptors (Lipinski definition) is 5. The Kier molecular flexibility index (Phi) is 4.85. The van der Waals surface area contributed by atoms with Gasteiger partial charge in [0.2, 0.25) is 0 Å². The van der Waals surface area contributed by atoms with Crippen molar-refractivity contribution >= 4 is 11.8 Å². The molecule has 1 unspecified atom stereocenters. The van der Waals surface area contributed by atoms with Crippen LogP contribution in [0.2, 0.25) is 0 Å². The van der Waals surface area contributed by atoms with Gasteiger partial charge in [-0.2, -0.15) is 0 Å². The SMILES string of the molecule is O=C(O)c1ccc(-c2ccccc2)nc1N1CCC2(CC1)OCCCC2O. The fourth-order valence-corrected chi connectivity index (χ4v) is 4.11. The Morgan fingerprint density at radius 1 is 1.15 bits per heavy atom. The van der Waals surface area contributed by atoms with E-state index in [1.165, 1.54) is 0 Å². The zero-order valence-corrected chi connectivity index (χ0v) is 15.2. The van der Waals surface area contributed by atoms with Gasteiger partial charge < -0.3 is 19.8 Å². The molecule has 2 aliphatic rings. The molecule has 0 amide bonds. The topological polar surface area (TPSA) is 82.9 Å². The standard InChI is InChI=1S/C21H24N2O4/c24-18-7-4-14-27-21(18)10-12-23(13-11-21)19-16(20(25)26)8-9-17(22-19)15-5-2-1-3-6-15/h1-3,5-6,8-9,18,24H,4,7,10-14H2,(H,25,26). The minimum Gasteiger partial charge on any atom is -0.478 e. The molecule has 1 aromatic heterocycles. The molecule has 0 aliphatic carbocycles. The average Bonchev–Trinajstić information content (AvgIpc) is 2.71. The summed E-state index contributed by atoms with van der Waals surface area (Å²) in [5.74, 6) is -0.490. The summed E-state index contributed by atoms with van der Waals surface area (Å²) in [6.07, 6.45) is 2.55. The third kappa shape index (κ3) is 3.42. The molecule has 27 heavy (non-hydrogen) atoms. The summed E-state index contributed by atoms with van der Waals surface area (Å²) < 4.78 is 5.96. The van der Waals surface area contributed by atoms with Gasteiger partial charge in [-0.1, -0.05) is 30.3 Å². The summed E-state index contributed by atoms with van der Waals surface area (Å²) in [6.45, 7) is 1.91. The number of aliphatic hydroxyl groups excluding tert-OH is 1. The van der Waals surface area contributed by atoms with E-state index in [2.05, 4.69) is 4.98 Å². The molecule has 1 spiro atoms. The number of rotatable bonds is 3. The van der Waals surface area contributed by atoms with E-state index in [0.717, 1.165) is 24.1 Å². The van der Waals surface area contributed by atoms with Crippen molar-refractivity contribution in [2.24, 2.45) is 0 Å². The van der Waals surface area contributed by atoms with Crippen molar-refractivity contribution in [3.63, 3.8) is 0 Å². The van der Waals surface area contributed by atoms with Gasteiger partial charge in [0.1, 0.15) is 11.4 Å². The number of ether oxygens (including phenoxy) is 1. The Hall–Kier alpha value is -2.44. The lowest BCUT2D eigenvalue weighted by atomic mass is 9.82. The molecule has 0 radical (unpaired) electrons. The number of aromatic nitrogens is 1. The van der Waals surface area contributed by atoms with Crippen LogP contribution in [0, 0.1) is 0 Å². The summed E-state index contributed by atoms with van der Waals surface area (Å²) in [5.41, 5.74) is 1.42. The second-order valence-corrected chi connectivity index (χ2v) is 7.30. The Balaban J connectivity index is 1.62. The summed E-state index contributed by atoms with van der Waals surface area (Å²) in [6, 6.07) is 13.1. The van der Waals surface area contributed by atoms with Crippen LogP contribution in [0.1, 0.15) is 36.0 Å². The lowest BCUT2D eigenvalue weighted by Gasteiger charge is -2.47. The van der Waals surface area contributed by atoms with Crippen molar-refractivity contribution in [3.8, 4) is 11.3 Å². The van der Waals surface area contributed by atoms with E-state index in [9.17, 15) is 15.0 Å². The van der Waals surface area contributed by atoms with Crippen LogP contribution in [-0.2, 0) is 4.74 Å². The fraction of sp³-hybridized carbons (Fsp3) is 0.429. The zero-order valence-electron chi connectivity index (χ0n) is 15.2. The van der Waals surface area contributed by atoms with Crippen LogP contribution in [-0.4, -0.2) is 52.6 Å². The number of aliphatic hydroxyl groups is 1. The number of hydrogen-bond donors (Lipinski definition) is 2. The van der Waals surface area contributed by atoms with Crippen LogP contribution in [0.15, 0.2) is 42.5 Å².